The highest BCUT2D eigenvalue weighted by atomic mass is 16.6. The molecule has 1 unspecified atom stereocenters. The van der Waals surface area contributed by atoms with Crippen molar-refractivity contribution in [3.05, 3.63) is 42.5 Å². The summed E-state index contributed by atoms with van der Waals surface area (Å²) in [4.78, 5) is 28.8. The SMILES string of the molecule is CC(C)(C)OC(=O)N1CCN(C(=O)OC(C)(C)C)C(CCOc2ccc3ccccc3c2)C1. The summed E-state index contributed by atoms with van der Waals surface area (Å²) in [7, 11) is 0. The molecule has 180 valence electrons. The number of benzene rings is 2. The van der Waals surface area contributed by atoms with Crippen LogP contribution in [0.2, 0.25) is 0 Å². The highest BCUT2D eigenvalue weighted by molar-refractivity contribution is 5.83. The number of carbonyl (C=O) groups is 2. The molecule has 7 heteroatoms. The van der Waals surface area contributed by atoms with E-state index >= 15 is 0 Å². The van der Waals surface area contributed by atoms with Crippen LogP contribution in [0, 0.1) is 0 Å². The predicted octanol–water partition coefficient (Wildman–Crippen LogP) is 5.47. The largest absolute Gasteiger partial charge is 0.493 e. The molecule has 33 heavy (non-hydrogen) atoms. The zero-order valence-electron chi connectivity index (χ0n) is 20.6. The minimum absolute atomic E-state index is 0.235. The lowest BCUT2D eigenvalue weighted by atomic mass is 10.1. The first-order chi connectivity index (χ1) is 15.4. The van der Waals surface area contributed by atoms with Gasteiger partial charge >= 0.3 is 12.2 Å². The van der Waals surface area contributed by atoms with Gasteiger partial charge in [0.1, 0.15) is 17.0 Å². The minimum Gasteiger partial charge on any atom is -0.493 e. The van der Waals surface area contributed by atoms with Gasteiger partial charge in [-0.15, -0.1) is 0 Å². The maximum absolute atomic E-state index is 12.8. The first-order valence-corrected chi connectivity index (χ1v) is 11.5. The number of rotatable bonds is 4. The zero-order valence-corrected chi connectivity index (χ0v) is 20.6. The van der Waals surface area contributed by atoms with Crippen molar-refractivity contribution < 1.29 is 23.8 Å². The van der Waals surface area contributed by atoms with Crippen LogP contribution in [0.3, 0.4) is 0 Å². The van der Waals surface area contributed by atoms with Crippen molar-refractivity contribution in [3.8, 4) is 5.75 Å². The third-order valence-corrected chi connectivity index (χ3v) is 5.20. The molecule has 0 bridgehead atoms. The summed E-state index contributed by atoms with van der Waals surface area (Å²) in [5.74, 6) is 0.775. The summed E-state index contributed by atoms with van der Waals surface area (Å²) in [6, 6.07) is 13.9. The van der Waals surface area contributed by atoms with Crippen molar-refractivity contribution in [3.63, 3.8) is 0 Å². The van der Waals surface area contributed by atoms with Gasteiger partial charge in [0, 0.05) is 26.1 Å². The lowest BCUT2D eigenvalue weighted by Gasteiger charge is -2.41. The Labute approximate surface area is 196 Å². The van der Waals surface area contributed by atoms with Crippen LogP contribution in [0.5, 0.6) is 5.75 Å². The average Bonchev–Trinajstić information content (AvgIpc) is 2.71. The number of hydrogen-bond donors (Lipinski definition) is 0. The fraction of sp³-hybridized carbons (Fsp3) is 0.538. The molecule has 0 saturated carbocycles. The van der Waals surface area contributed by atoms with Crippen LogP contribution in [0.25, 0.3) is 10.8 Å². The molecule has 0 N–H and O–H groups in total. The highest BCUT2D eigenvalue weighted by Crippen LogP contribution is 2.23. The summed E-state index contributed by atoms with van der Waals surface area (Å²) in [6.45, 7) is 12.6. The summed E-state index contributed by atoms with van der Waals surface area (Å²) < 4.78 is 17.2. The minimum atomic E-state index is -0.592. The van der Waals surface area contributed by atoms with Gasteiger partial charge in [-0.2, -0.15) is 0 Å². The lowest BCUT2D eigenvalue weighted by Crippen LogP contribution is -2.58. The molecular weight excluding hydrogens is 420 g/mol. The van der Waals surface area contributed by atoms with E-state index in [2.05, 4.69) is 6.07 Å². The van der Waals surface area contributed by atoms with Crippen molar-refractivity contribution in [2.45, 2.75) is 65.2 Å². The van der Waals surface area contributed by atoms with Crippen LogP contribution in [0.1, 0.15) is 48.0 Å². The van der Waals surface area contributed by atoms with Gasteiger partial charge < -0.3 is 24.0 Å². The molecule has 7 nitrogen and oxygen atoms in total. The van der Waals surface area contributed by atoms with E-state index in [0.717, 1.165) is 16.5 Å². The van der Waals surface area contributed by atoms with Crippen molar-refractivity contribution in [2.75, 3.05) is 26.2 Å². The Morgan fingerprint density at radius 1 is 0.879 bits per heavy atom. The number of nitrogens with zero attached hydrogens (tertiary/aromatic N) is 2. The van der Waals surface area contributed by atoms with Crippen molar-refractivity contribution >= 4 is 23.0 Å². The molecule has 0 radical (unpaired) electrons. The molecule has 1 saturated heterocycles. The maximum Gasteiger partial charge on any atom is 0.410 e. The summed E-state index contributed by atoms with van der Waals surface area (Å²) >= 11 is 0. The van der Waals surface area contributed by atoms with E-state index in [-0.39, 0.29) is 18.2 Å². The van der Waals surface area contributed by atoms with Gasteiger partial charge in [-0.25, -0.2) is 9.59 Å². The van der Waals surface area contributed by atoms with E-state index < -0.39 is 11.2 Å². The Morgan fingerprint density at radius 3 is 2.18 bits per heavy atom. The van der Waals surface area contributed by atoms with E-state index in [1.807, 2.05) is 77.9 Å². The maximum atomic E-state index is 12.8. The van der Waals surface area contributed by atoms with Crippen molar-refractivity contribution in [1.29, 1.82) is 0 Å². The fourth-order valence-corrected chi connectivity index (χ4v) is 3.73. The molecule has 2 aromatic carbocycles. The van der Waals surface area contributed by atoms with Crippen molar-refractivity contribution in [1.82, 2.24) is 9.80 Å². The Balaban J connectivity index is 1.67. The second kappa shape index (κ2) is 9.89. The fourth-order valence-electron chi connectivity index (χ4n) is 3.73. The van der Waals surface area contributed by atoms with E-state index in [0.29, 0.717) is 32.7 Å². The highest BCUT2D eigenvalue weighted by Gasteiger charge is 2.36. The van der Waals surface area contributed by atoms with Crippen LogP contribution in [-0.4, -0.2) is 65.5 Å². The molecule has 2 aromatic rings. The summed E-state index contributed by atoms with van der Waals surface area (Å²) in [6.07, 6.45) is -0.181. The number of fused-ring (bicyclic) bond motifs is 1. The second-order valence-corrected chi connectivity index (χ2v) is 10.4. The van der Waals surface area contributed by atoms with Gasteiger partial charge in [-0.3, -0.25) is 0 Å². The van der Waals surface area contributed by atoms with Gasteiger partial charge in [0.15, 0.2) is 0 Å². The molecule has 1 heterocycles. The molecular formula is C26H36N2O5. The molecule has 1 aliphatic heterocycles. The Morgan fingerprint density at radius 2 is 1.52 bits per heavy atom. The molecule has 0 aromatic heterocycles. The molecule has 1 atom stereocenters. The number of carbonyl (C=O) groups excluding carboxylic acids is 2. The number of ether oxygens (including phenoxy) is 3. The monoisotopic (exact) mass is 456 g/mol. The molecule has 0 spiro atoms. The average molecular weight is 457 g/mol. The normalized spacial score (nSPS) is 17.1. The van der Waals surface area contributed by atoms with Crippen LogP contribution < -0.4 is 4.74 Å². The zero-order chi connectivity index (χ0) is 24.2. The Hall–Kier alpha value is -2.96. The number of piperazine rings is 1. The third kappa shape index (κ3) is 7.27. The lowest BCUT2D eigenvalue weighted by molar-refractivity contribution is -0.0173. The molecule has 3 rings (SSSR count). The number of hydrogen-bond acceptors (Lipinski definition) is 5. The van der Waals surface area contributed by atoms with E-state index in [9.17, 15) is 9.59 Å². The summed E-state index contributed by atoms with van der Waals surface area (Å²) in [5, 5.41) is 2.26. The number of amides is 2. The van der Waals surface area contributed by atoms with Crippen LogP contribution in [0.15, 0.2) is 42.5 Å². The smallest absolute Gasteiger partial charge is 0.410 e. The van der Waals surface area contributed by atoms with Crippen molar-refractivity contribution in [2.24, 2.45) is 0 Å². The van der Waals surface area contributed by atoms with E-state index in [1.54, 1.807) is 9.80 Å². The van der Waals surface area contributed by atoms with Gasteiger partial charge in [-0.05, 0) is 64.4 Å². The van der Waals surface area contributed by atoms with Gasteiger partial charge in [0.2, 0.25) is 0 Å². The second-order valence-electron chi connectivity index (χ2n) is 10.4. The van der Waals surface area contributed by atoms with Gasteiger partial charge in [0.25, 0.3) is 0 Å². The topological polar surface area (TPSA) is 68.3 Å². The van der Waals surface area contributed by atoms with Crippen LogP contribution in [0.4, 0.5) is 9.59 Å². The predicted molar refractivity (Wildman–Crippen MR) is 129 cm³/mol. The van der Waals surface area contributed by atoms with E-state index in [1.165, 1.54) is 0 Å². The Bertz CT molecular complexity index is 977. The van der Waals surface area contributed by atoms with Gasteiger partial charge in [-0.1, -0.05) is 30.3 Å². The van der Waals surface area contributed by atoms with Crippen LogP contribution in [-0.2, 0) is 9.47 Å². The molecule has 1 fully saturated rings. The van der Waals surface area contributed by atoms with Crippen LogP contribution >= 0.6 is 0 Å². The Kier molecular flexibility index (Phi) is 7.40. The quantitative estimate of drug-likeness (QED) is 0.611. The molecule has 0 aliphatic carbocycles. The first kappa shape index (κ1) is 24.7. The third-order valence-electron chi connectivity index (χ3n) is 5.20. The molecule has 1 aliphatic rings. The molecule has 2 amide bonds. The van der Waals surface area contributed by atoms with E-state index in [4.69, 9.17) is 14.2 Å². The first-order valence-electron chi connectivity index (χ1n) is 11.5. The summed E-state index contributed by atoms with van der Waals surface area (Å²) in [5.41, 5.74) is -1.17. The standard InChI is InChI=1S/C26H36N2O5/c1-25(2,3)32-23(29)27-14-15-28(24(30)33-26(4,5)6)21(18-27)13-16-31-22-12-11-19-9-7-8-10-20(19)17-22/h7-12,17,21H,13-16,18H2,1-6H3. The van der Waals surface area contributed by atoms with Gasteiger partial charge in [0.05, 0.1) is 12.6 Å².